The zero-order valence-corrected chi connectivity index (χ0v) is 11.3. The molecule has 0 saturated heterocycles. The Morgan fingerprint density at radius 1 is 1.00 bits per heavy atom. The van der Waals surface area contributed by atoms with Gasteiger partial charge in [-0.1, -0.05) is 34.6 Å². The number of rotatable bonds is 8. The molecule has 0 rings (SSSR count). The minimum absolute atomic E-state index is 0.793. The van der Waals surface area contributed by atoms with Crippen LogP contribution in [-0.4, -0.2) is 24.1 Å². The lowest BCUT2D eigenvalue weighted by atomic mass is 10.1. The Morgan fingerprint density at radius 3 is 2.14 bits per heavy atom. The number of hydrogen-bond acceptors (Lipinski definition) is 2. The molecule has 1 atom stereocenters. The summed E-state index contributed by atoms with van der Waals surface area (Å²) >= 11 is 2.08. The summed E-state index contributed by atoms with van der Waals surface area (Å²) in [5, 5.41) is 4.28. The Hall–Kier alpha value is 0.310. The standard InChI is InChI=1S/C12H27NS/c1-10(2)6-7-13-8-9-14-12(5)11(3)4/h10-13H,6-9H2,1-5H3. The fraction of sp³-hybridized carbons (Fsp3) is 1.00. The average Bonchev–Trinajstić information content (AvgIpc) is 2.09. The quantitative estimate of drug-likeness (QED) is 0.625. The Labute approximate surface area is 94.4 Å². The highest BCUT2D eigenvalue weighted by atomic mass is 32.2. The van der Waals surface area contributed by atoms with Gasteiger partial charge in [0.1, 0.15) is 0 Å². The van der Waals surface area contributed by atoms with E-state index >= 15 is 0 Å². The van der Waals surface area contributed by atoms with E-state index in [1.54, 1.807) is 0 Å². The summed E-state index contributed by atoms with van der Waals surface area (Å²) in [6.07, 6.45) is 1.30. The summed E-state index contributed by atoms with van der Waals surface area (Å²) in [6.45, 7) is 13.8. The molecule has 0 amide bonds. The van der Waals surface area contributed by atoms with Crippen molar-refractivity contribution in [2.24, 2.45) is 11.8 Å². The Balaban J connectivity index is 3.13. The van der Waals surface area contributed by atoms with Crippen molar-refractivity contribution in [1.82, 2.24) is 5.32 Å². The number of thioether (sulfide) groups is 1. The van der Waals surface area contributed by atoms with Crippen LogP contribution in [-0.2, 0) is 0 Å². The van der Waals surface area contributed by atoms with Gasteiger partial charge < -0.3 is 5.32 Å². The maximum absolute atomic E-state index is 3.49. The maximum Gasteiger partial charge on any atom is 0.00608 e. The zero-order chi connectivity index (χ0) is 11.0. The van der Waals surface area contributed by atoms with Crippen LogP contribution in [0.15, 0.2) is 0 Å². The van der Waals surface area contributed by atoms with E-state index in [1.807, 2.05) is 0 Å². The fourth-order valence-electron chi connectivity index (χ4n) is 1.03. The van der Waals surface area contributed by atoms with E-state index in [9.17, 15) is 0 Å². The summed E-state index contributed by atoms with van der Waals surface area (Å²) in [6, 6.07) is 0. The number of nitrogens with one attached hydrogen (secondary N) is 1. The van der Waals surface area contributed by atoms with Crippen LogP contribution < -0.4 is 5.32 Å². The highest BCUT2D eigenvalue weighted by Crippen LogP contribution is 2.17. The molecule has 1 unspecified atom stereocenters. The first-order chi connectivity index (χ1) is 6.54. The van der Waals surface area contributed by atoms with Crippen molar-refractivity contribution in [2.75, 3.05) is 18.8 Å². The highest BCUT2D eigenvalue weighted by Gasteiger charge is 2.06. The SMILES string of the molecule is CC(C)CCNCCSC(C)C(C)C. The molecule has 0 saturated carbocycles. The van der Waals surface area contributed by atoms with Crippen LogP contribution in [0.25, 0.3) is 0 Å². The first-order valence-electron chi connectivity index (χ1n) is 5.86. The Morgan fingerprint density at radius 2 is 1.64 bits per heavy atom. The van der Waals surface area contributed by atoms with Crippen LogP contribution >= 0.6 is 11.8 Å². The summed E-state index contributed by atoms with van der Waals surface area (Å²) in [5.41, 5.74) is 0. The molecule has 0 aliphatic heterocycles. The molecule has 0 aromatic rings. The smallest absolute Gasteiger partial charge is 0.00608 e. The molecule has 0 aromatic carbocycles. The van der Waals surface area contributed by atoms with Crippen molar-refractivity contribution in [3.05, 3.63) is 0 Å². The lowest BCUT2D eigenvalue weighted by Crippen LogP contribution is -2.21. The van der Waals surface area contributed by atoms with Gasteiger partial charge in [0.05, 0.1) is 0 Å². The molecule has 14 heavy (non-hydrogen) atoms. The largest absolute Gasteiger partial charge is 0.316 e. The third kappa shape index (κ3) is 8.89. The van der Waals surface area contributed by atoms with Crippen LogP contribution in [0.5, 0.6) is 0 Å². The van der Waals surface area contributed by atoms with E-state index in [-0.39, 0.29) is 0 Å². The molecule has 0 spiro atoms. The molecule has 0 bridgehead atoms. The van der Waals surface area contributed by atoms with Crippen LogP contribution in [0.2, 0.25) is 0 Å². The lowest BCUT2D eigenvalue weighted by Gasteiger charge is -2.15. The van der Waals surface area contributed by atoms with Crippen molar-refractivity contribution in [3.63, 3.8) is 0 Å². The third-order valence-corrected chi connectivity index (χ3v) is 4.01. The molecule has 1 N–H and O–H groups in total. The van der Waals surface area contributed by atoms with Gasteiger partial charge in [0, 0.05) is 17.5 Å². The Bertz CT molecular complexity index is 123. The van der Waals surface area contributed by atoms with Gasteiger partial charge >= 0.3 is 0 Å². The van der Waals surface area contributed by atoms with Gasteiger partial charge in [0.2, 0.25) is 0 Å². The molecule has 0 fully saturated rings. The molecule has 0 radical (unpaired) electrons. The molecule has 0 aromatic heterocycles. The number of hydrogen-bond donors (Lipinski definition) is 1. The van der Waals surface area contributed by atoms with E-state index < -0.39 is 0 Å². The molecular weight excluding hydrogens is 190 g/mol. The Kier molecular flexibility index (Phi) is 8.80. The van der Waals surface area contributed by atoms with Crippen molar-refractivity contribution in [2.45, 2.75) is 46.3 Å². The van der Waals surface area contributed by atoms with E-state index in [0.717, 1.165) is 23.6 Å². The summed E-state index contributed by atoms with van der Waals surface area (Å²) in [7, 11) is 0. The molecular formula is C12H27NS. The van der Waals surface area contributed by atoms with Crippen LogP contribution in [0.3, 0.4) is 0 Å². The summed E-state index contributed by atoms with van der Waals surface area (Å²) < 4.78 is 0. The first kappa shape index (κ1) is 14.3. The summed E-state index contributed by atoms with van der Waals surface area (Å²) in [4.78, 5) is 0. The van der Waals surface area contributed by atoms with Crippen molar-refractivity contribution in [1.29, 1.82) is 0 Å². The van der Waals surface area contributed by atoms with E-state index in [4.69, 9.17) is 0 Å². The van der Waals surface area contributed by atoms with E-state index in [1.165, 1.54) is 18.7 Å². The lowest BCUT2D eigenvalue weighted by molar-refractivity contribution is 0.547. The van der Waals surface area contributed by atoms with Gasteiger partial charge in [-0.2, -0.15) is 11.8 Å². The molecule has 0 aliphatic rings. The minimum Gasteiger partial charge on any atom is -0.316 e. The topological polar surface area (TPSA) is 12.0 Å². The van der Waals surface area contributed by atoms with Gasteiger partial charge in [-0.15, -0.1) is 0 Å². The predicted octanol–water partition coefficient (Wildman–Crippen LogP) is 3.40. The molecule has 0 aliphatic carbocycles. The molecule has 1 nitrogen and oxygen atoms in total. The second kappa shape index (κ2) is 8.60. The highest BCUT2D eigenvalue weighted by molar-refractivity contribution is 7.99. The predicted molar refractivity (Wildman–Crippen MR) is 69.1 cm³/mol. The van der Waals surface area contributed by atoms with Crippen molar-refractivity contribution < 1.29 is 0 Å². The third-order valence-electron chi connectivity index (χ3n) is 2.50. The van der Waals surface area contributed by atoms with Crippen LogP contribution in [0.1, 0.15) is 41.0 Å². The molecule has 2 heteroatoms. The first-order valence-corrected chi connectivity index (χ1v) is 6.91. The molecule has 0 heterocycles. The van der Waals surface area contributed by atoms with E-state index in [0.29, 0.717) is 0 Å². The maximum atomic E-state index is 3.49. The molecule has 86 valence electrons. The van der Waals surface area contributed by atoms with E-state index in [2.05, 4.69) is 51.7 Å². The van der Waals surface area contributed by atoms with Crippen LogP contribution in [0.4, 0.5) is 0 Å². The monoisotopic (exact) mass is 217 g/mol. The van der Waals surface area contributed by atoms with Crippen molar-refractivity contribution in [3.8, 4) is 0 Å². The van der Waals surface area contributed by atoms with Gasteiger partial charge in [0.25, 0.3) is 0 Å². The second-order valence-electron chi connectivity index (χ2n) is 4.75. The average molecular weight is 217 g/mol. The van der Waals surface area contributed by atoms with Crippen LogP contribution in [0, 0.1) is 11.8 Å². The summed E-state index contributed by atoms with van der Waals surface area (Å²) in [5.74, 6) is 2.87. The van der Waals surface area contributed by atoms with Gasteiger partial charge in [-0.05, 0) is 24.8 Å². The minimum atomic E-state index is 0.793. The zero-order valence-electron chi connectivity index (χ0n) is 10.5. The normalized spacial score (nSPS) is 13.9. The van der Waals surface area contributed by atoms with Gasteiger partial charge in [0.15, 0.2) is 0 Å². The van der Waals surface area contributed by atoms with Crippen molar-refractivity contribution >= 4 is 11.8 Å². The second-order valence-corrected chi connectivity index (χ2v) is 6.24. The van der Waals surface area contributed by atoms with Gasteiger partial charge in [-0.3, -0.25) is 0 Å². The fourth-order valence-corrected chi connectivity index (χ4v) is 2.04. The van der Waals surface area contributed by atoms with Gasteiger partial charge in [-0.25, -0.2) is 0 Å².